The predicted molar refractivity (Wildman–Crippen MR) is 120 cm³/mol. The number of aryl methyl sites for hydroxylation is 1. The molecule has 4 aromatic rings. The van der Waals surface area contributed by atoms with Gasteiger partial charge in [0.15, 0.2) is 0 Å². The molecule has 0 radical (unpaired) electrons. The van der Waals surface area contributed by atoms with Crippen LogP contribution in [-0.2, 0) is 30.9 Å². The fourth-order valence-corrected chi connectivity index (χ4v) is 3.45. The summed E-state index contributed by atoms with van der Waals surface area (Å²) in [5, 5.41) is 1.75. The van der Waals surface area contributed by atoms with Crippen molar-refractivity contribution < 1.29 is 18.0 Å². The molecule has 0 unspecified atom stereocenters. The van der Waals surface area contributed by atoms with E-state index in [1.54, 1.807) is 30.9 Å². The van der Waals surface area contributed by atoms with E-state index in [4.69, 9.17) is 11.6 Å². The van der Waals surface area contributed by atoms with Gasteiger partial charge in [0, 0.05) is 31.2 Å². The summed E-state index contributed by atoms with van der Waals surface area (Å²) in [6.45, 7) is 0. The van der Waals surface area contributed by atoms with E-state index in [9.17, 15) is 18.0 Å². The Morgan fingerprint density at radius 1 is 1.03 bits per heavy atom. The van der Waals surface area contributed by atoms with E-state index in [0.717, 1.165) is 29.1 Å². The standard InChI is InChI=1S/C23H18ClF3N6O/c1-33-12-18(31-13-33)8-20-28-9-16(10-29-20)15-4-2-14(3-5-15)6-21(34)32-17-7-19(23(25,26)27)22(24)30-11-17/h2-5,7,9-13H,6,8H2,1H3,(H,32,34). The Balaban J connectivity index is 1.37. The zero-order valence-electron chi connectivity index (χ0n) is 17.8. The van der Waals surface area contributed by atoms with Crippen LogP contribution in [0.15, 0.2) is 61.4 Å². The molecule has 174 valence electrons. The first kappa shape index (κ1) is 23.4. The molecule has 0 bridgehead atoms. The third kappa shape index (κ3) is 5.76. The molecule has 4 rings (SSSR count). The summed E-state index contributed by atoms with van der Waals surface area (Å²) in [5.74, 6) is 0.174. The van der Waals surface area contributed by atoms with Gasteiger partial charge in [0.05, 0.1) is 42.3 Å². The number of nitrogens with one attached hydrogen (secondary N) is 1. The topological polar surface area (TPSA) is 85.6 Å². The highest BCUT2D eigenvalue weighted by Gasteiger charge is 2.34. The molecule has 0 saturated heterocycles. The molecule has 1 aromatic carbocycles. The van der Waals surface area contributed by atoms with E-state index < -0.39 is 22.8 Å². The molecule has 3 heterocycles. The van der Waals surface area contributed by atoms with Crippen molar-refractivity contribution in [3.63, 3.8) is 0 Å². The smallest absolute Gasteiger partial charge is 0.340 e. The number of carbonyl (C=O) groups is 1. The van der Waals surface area contributed by atoms with Gasteiger partial charge in [-0.15, -0.1) is 0 Å². The van der Waals surface area contributed by atoms with Crippen molar-refractivity contribution >= 4 is 23.2 Å². The molecule has 0 spiro atoms. The first-order valence-corrected chi connectivity index (χ1v) is 10.4. The Kier molecular flexibility index (Phi) is 6.60. The van der Waals surface area contributed by atoms with Gasteiger partial charge in [0.2, 0.25) is 5.91 Å². The quantitative estimate of drug-likeness (QED) is 0.399. The van der Waals surface area contributed by atoms with Crippen LogP contribution in [0.3, 0.4) is 0 Å². The highest BCUT2D eigenvalue weighted by molar-refractivity contribution is 6.30. The van der Waals surface area contributed by atoms with Crippen LogP contribution in [0.5, 0.6) is 0 Å². The normalized spacial score (nSPS) is 11.4. The summed E-state index contributed by atoms with van der Waals surface area (Å²) in [7, 11) is 1.90. The highest BCUT2D eigenvalue weighted by atomic mass is 35.5. The van der Waals surface area contributed by atoms with Crippen LogP contribution in [-0.4, -0.2) is 30.4 Å². The van der Waals surface area contributed by atoms with Crippen molar-refractivity contribution in [3.05, 3.63) is 89.2 Å². The second kappa shape index (κ2) is 9.60. The summed E-state index contributed by atoms with van der Waals surface area (Å²) in [6, 6.07) is 7.93. The number of hydrogen-bond acceptors (Lipinski definition) is 5. The van der Waals surface area contributed by atoms with Crippen molar-refractivity contribution in [2.24, 2.45) is 7.05 Å². The Labute approximate surface area is 197 Å². The van der Waals surface area contributed by atoms with Gasteiger partial charge in [-0.05, 0) is 17.2 Å². The van der Waals surface area contributed by atoms with Gasteiger partial charge >= 0.3 is 6.18 Å². The molecular formula is C23H18ClF3N6O. The van der Waals surface area contributed by atoms with Crippen molar-refractivity contribution in [1.82, 2.24) is 24.5 Å². The molecule has 0 aliphatic carbocycles. The Morgan fingerprint density at radius 3 is 2.35 bits per heavy atom. The summed E-state index contributed by atoms with van der Waals surface area (Å²) >= 11 is 5.50. The lowest BCUT2D eigenvalue weighted by molar-refractivity contribution is -0.137. The maximum absolute atomic E-state index is 13.0. The van der Waals surface area contributed by atoms with Crippen LogP contribution in [0.1, 0.15) is 22.6 Å². The van der Waals surface area contributed by atoms with Gasteiger partial charge in [-0.2, -0.15) is 13.2 Å². The number of aromatic nitrogens is 5. The fraction of sp³-hybridized carbons (Fsp3) is 0.174. The summed E-state index contributed by atoms with van der Waals surface area (Å²) in [5.41, 5.74) is 2.05. The van der Waals surface area contributed by atoms with E-state index >= 15 is 0 Å². The van der Waals surface area contributed by atoms with Gasteiger partial charge in [-0.3, -0.25) is 4.79 Å². The second-order valence-electron chi connectivity index (χ2n) is 7.58. The van der Waals surface area contributed by atoms with E-state index in [2.05, 4.69) is 25.3 Å². The molecule has 11 heteroatoms. The molecule has 1 N–H and O–H groups in total. The molecule has 0 aliphatic rings. The van der Waals surface area contributed by atoms with Crippen molar-refractivity contribution in [1.29, 1.82) is 0 Å². The average Bonchev–Trinajstić information content (AvgIpc) is 3.20. The molecule has 0 aliphatic heterocycles. The Morgan fingerprint density at radius 2 is 1.74 bits per heavy atom. The van der Waals surface area contributed by atoms with Crippen LogP contribution < -0.4 is 5.32 Å². The minimum atomic E-state index is -4.67. The van der Waals surface area contributed by atoms with Gasteiger partial charge in [-0.1, -0.05) is 35.9 Å². The first-order chi connectivity index (χ1) is 16.2. The molecule has 0 fully saturated rings. The number of pyridine rings is 1. The third-order valence-corrected chi connectivity index (χ3v) is 5.18. The summed E-state index contributed by atoms with van der Waals surface area (Å²) < 4.78 is 40.7. The molecule has 7 nitrogen and oxygen atoms in total. The fourth-order valence-electron chi connectivity index (χ4n) is 3.24. The number of hydrogen-bond donors (Lipinski definition) is 1. The highest BCUT2D eigenvalue weighted by Crippen LogP contribution is 2.34. The number of nitrogens with zero attached hydrogens (tertiary/aromatic N) is 5. The number of benzene rings is 1. The molecule has 34 heavy (non-hydrogen) atoms. The predicted octanol–water partition coefficient (Wildman–Crippen LogP) is 4.72. The minimum absolute atomic E-state index is 0.0240. The second-order valence-corrected chi connectivity index (χ2v) is 7.94. The van der Waals surface area contributed by atoms with Gasteiger partial charge in [0.1, 0.15) is 11.0 Å². The van der Waals surface area contributed by atoms with Gasteiger partial charge in [-0.25, -0.2) is 19.9 Å². The van der Waals surface area contributed by atoms with Crippen LogP contribution >= 0.6 is 11.6 Å². The minimum Gasteiger partial charge on any atom is -0.340 e. The lowest BCUT2D eigenvalue weighted by atomic mass is 10.0. The average molecular weight is 487 g/mol. The largest absolute Gasteiger partial charge is 0.419 e. The third-order valence-electron chi connectivity index (χ3n) is 4.88. The zero-order valence-corrected chi connectivity index (χ0v) is 18.6. The lowest BCUT2D eigenvalue weighted by Crippen LogP contribution is -2.16. The Bertz CT molecular complexity index is 1300. The number of rotatable bonds is 6. The number of alkyl halides is 3. The molecule has 0 atom stereocenters. The lowest BCUT2D eigenvalue weighted by Gasteiger charge is -2.11. The summed E-state index contributed by atoms with van der Waals surface area (Å²) in [4.78, 5) is 28.8. The SMILES string of the molecule is Cn1cnc(Cc2ncc(-c3ccc(CC(=O)Nc4cnc(Cl)c(C(F)(F)F)c4)cc3)cn2)c1. The number of amides is 1. The summed E-state index contributed by atoms with van der Waals surface area (Å²) in [6.07, 6.45) is 3.99. The van der Waals surface area contributed by atoms with Crippen LogP contribution in [0.2, 0.25) is 5.15 Å². The van der Waals surface area contributed by atoms with Crippen molar-refractivity contribution in [3.8, 4) is 11.1 Å². The number of anilines is 1. The van der Waals surface area contributed by atoms with E-state index in [1.165, 1.54) is 0 Å². The van der Waals surface area contributed by atoms with Gasteiger partial charge in [0.25, 0.3) is 0 Å². The maximum atomic E-state index is 13.0. The molecule has 3 aromatic heterocycles. The molecule has 1 amide bonds. The first-order valence-electron chi connectivity index (χ1n) is 10.1. The van der Waals surface area contributed by atoms with Crippen LogP contribution in [0, 0.1) is 0 Å². The maximum Gasteiger partial charge on any atom is 0.419 e. The van der Waals surface area contributed by atoms with E-state index in [0.29, 0.717) is 17.8 Å². The van der Waals surface area contributed by atoms with Crippen molar-refractivity contribution in [2.75, 3.05) is 5.32 Å². The Hall–Kier alpha value is -3.79. The van der Waals surface area contributed by atoms with Crippen molar-refractivity contribution in [2.45, 2.75) is 19.0 Å². The zero-order chi connectivity index (χ0) is 24.3. The number of halogens is 4. The van der Waals surface area contributed by atoms with E-state index in [-0.39, 0.29) is 12.1 Å². The monoisotopic (exact) mass is 486 g/mol. The van der Waals surface area contributed by atoms with E-state index in [1.807, 2.05) is 29.9 Å². The van der Waals surface area contributed by atoms with Gasteiger partial charge < -0.3 is 9.88 Å². The van der Waals surface area contributed by atoms with Crippen LogP contribution in [0.4, 0.5) is 18.9 Å². The molecule has 0 saturated carbocycles. The van der Waals surface area contributed by atoms with Crippen LogP contribution in [0.25, 0.3) is 11.1 Å². The number of carbonyl (C=O) groups excluding carboxylic acids is 1. The number of imidazole rings is 1. The molecular weight excluding hydrogens is 469 g/mol.